The first-order valence-corrected chi connectivity index (χ1v) is 24.1. The third-order valence-electron chi connectivity index (χ3n) is 10.6. The predicted octanol–water partition coefficient (Wildman–Crippen LogP) is 10.7. The molecule has 9 nitrogen and oxygen atoms in total. The molecule has 1 saturated heterocycles. The van der Waals surface area contributed by atoms with Crippen LogP contribution in [0.25, 0.3) is 0 Å². The third kappa shape index (κ3) is 31.7. The van der Waals surface area contributed by atoms with E-state index in [0.29, 0.717) is 6.42 Å². The lowest BCUT2D eigenvalue weighted by molar-refractivity contribution is -0.302. The highest BCUT2D eigenvalue weighted by Crippen LogP contribution is 2.22. The van der Waals surface area contributed by atoms with Crippen LogP contribution in [0.4, 0.5) is 0 Å². The number of aliphatic hydroxyl groups is 5. The Morgan fingerprint density at radius 2 is 1.00 bits per heavy atom. The van der Waals surface area contributed by atoms with E-state index >= 15 is 0 Å². The van der Waals surface area contributed by atoms with Gasteiger partial charge in [-0.25, -0.2) is 0 Å². The van der Waals surface area contributed by atoms with Gasteiger partial charge < -0.3 is 40.3 Å². The molecule has 0 bridgehead atoms. The van der Waals surface area contributed by atoms with Crippen molar-refractivity contribution in [1.82, 2.24) is 5.32 Å². The van der Waals surface area contributed by atoms with Gasteiger partial charge in [-0.2, -0.15) is 0 Å². The lowest BCUT2D eigenvalue weighted by Crippen LogP contribution is -2.60. The molecule has 7 atom stereocenters. The molecular weight excluding hydrogens is 779 g/mol. The van der Waals surface area contributed by atoms with E-state index in [0.717, 1.165) is 103 Å². The fourth-order valence-corrected chi connectivity index (χ4v) is 6.76. The van der Waals surface area contributed by atoms with Crippen LogP contribution in [0.5, 0.6) is 0 Å². The summed E-state index contributed by atoms with van der Waals surface area (Å²) in [5, 5.41) is 54.1. The molecule has 7 unspecified atom stereocenters. The predicted molar refractivity (Wildman–Crippen MR) is 257 cm³/mol. The molecule has 0 aromatic rings. The van der Waals surface area contributed by atoms with Gasteiger partial charge in [-0.15, -0.1) is 0 Å². The van der Waals surface area contributed by atoms with Crippen molar-refractivity contribution < 1.29 is 39.8 Å². The minimum Gasteiger partial charge on any atom is -0.394 e. The van der Waals surface area contributed by atoms with Gasteiger partial charge in [-0.05, 0) is 83.5 Å². The number of allylic oxidation sites excluding steroid dienone is 17. The fraction of sp³-hybridized carbons (Fsp3) is 0.642. The first-order chi connectivity index (χ1) is 30.3. The summed E-state index contributed by atoms with van der Waals surface area (Å²) in [7, 11) is 0. The summed E-state index contributed by atoms with van der Waals surface area (Å²) in [6.07, 6.45) is 54.2. The van der Waals surface area contributed by atoms with Crippen molar-refractivity contribution in [3.63, 3.8) is 0 Å². The maximum Gasteiger partial charge on any atom is 0.220 e. The molecule has 0 aliphatic carbocycles. The minimum absolute atomic E-state index is 0.207. The molecule has 0 spiro atoms. The SMILES string of the molecule is CC/C=C\C/C=C\C/C=C\C/C=C\C/C=C\C/C=C\C/C=C\C/C=C\CCCCCCC(=O)NC(COC1OC(CO)C(O)C(O)C1O)C(O)/C=C/CCCCCCCCCC. The van der Waals surface area contributed by atoms with Gasteiger partial charge in [0.25, 0.3) is 0 Å². The van der Waals surface area contributed by atoms with Gasteiger partial charge in [0.1, 0.15) is 24.4 Å². The van der Waals surface area contributed by atoms with Gasteiger partial charge in [-0.3, -0.25) is 4.79 Å². The molecule has 1 heterocycles. The monoisotopic (exact) mass is 866 g/mol. The highest BCUT2D eigenvalue weighted by Gasteiger charge is 2.44. The average molecular weight is 866 g/mol. The lowest BCUT2D eigenvalue weighted by atomic mass is 9.99. The Morgan fingerprint density at radius 3 is 1.48 bits per heavy atom. The number of ether oxygens (including phenoxy) is 2. The number of rotatable bonds is 38. The Morgan fingerprint density at radius 1 is 0.565 bits per heavy atom. The van der Waals surface area contributed by atoms with Crippen LogP contribution >= 0.6 is 0 Å². The van der Waals surface area contributed by atoms with Crippen molar-refractivity contribution in [1.29, 1.82) is 0 Å². The topological polar surface area (TPSA) is 149 Å². The van der Waals surface area contributed by atoms with Crippen LogP contribution in [0, 0.1) is 0 Å². The molecule has 0 saturated carbocycles. The van der Waals surface area contributed by atoms with Gasteiger partial charge in [0.05, 0.1) is 25.4 Å². The van der Waals surface area contributed by atoms with Crippen LogP contribution < -0.4 is 5.32 Å². The number of unbranched alkanes of at least 4 members (excludes halogenated alkanes) is 12. The maximum absolute atomic E-state index is 12.9. The second-order valence-electron chi connectivity index (χ2n) is 16.2. The standard InChI is InChI=1S/C53H87NO8/c1-3-5-7-9-11-13-15-16-17-18-19-20-21-22-23-24-25-26-27-28-29-30-31-32-33-35-37-39-41-43-49(57)54-46(45-61-53-52(60)51(59)50(58)48(44-55)62-53)47(56)42-40-38-36-34-14-12-10-8-6-4-2/h5,7,11,13,16-17,19-20,22-23,25-26,28-29,31-32,40,42,46-48,50-53,55-56,58-60H,3-4,6,8-10,12,14-15,18,21,24,27,30,33-39,41,43-45H2,1-2H3,(H,54,57)/b7-5-,13-11-,17-16-,20-19-,23-22-,26-25-,29-28-,32-31-,42-40+. The second kappa shape index (κ2) is 41.8. The van der Waals surface area contributed by atoms with E-state index in [1.165, 1.54) is 38.5 Å². The van der Waals surface area contributed by atoms with E-state index in [1.807, 2.05) is 6.08 Å². The highest BCUT2D eigenvalue weighted by atomic mass is 16.7. The number of carbonyl (C=O) groups is 1. The number of amides is 1. The van der Waals surface area contributed by atoms with Gasteiger partial charge in [-0.1, -0.05) is 181 Å². The van der Waals surface area contributed by atoms with Crippen molar-refractivity contribution in [2.45, 2.75) is 204 Å². The second-order valence-corrected chi connectivity index (χ2v) is 16.2. The summed E-state index contributed by atoms with van der Waals surface area (Å²) < 4.78 is 11.2. The quantitative estimate of drug-likeness (QED) is 0.0265. The van der Waals surface area contributed by atoms with E-state index in [9.17, 15) is 30.3 Å². The van der Waals surface area contributed by atoms with Gasteiger partial charge in [0.15, 0.2) is 6.29 Å². The number of hydrogen-bond donors (Lipinski definition) is 6. The Labute approximate surface area is 376 Å². The molecule has 62 heavy (non-hydrogen) atoms. The van der Waals surface area contributed by atoms with E-state index in [4.69, 9.17) is 9.47 Å². The molecule has 1 aliphatic heterocycles. The lowest BCUT2D eigenvalue weighted by Gasteiger charge is -2.40. The van der Waals surface area contributed by atoms with Crippen LogP contribution in [0.2, 0.25) is 0 Å². The zero-order valence-corrected chi connectivity index (χ0v) is 38.6. The summed E-state index contributed by atoms with van der Waals surface area (Å²) in [6, 6.07) is -0.825. The molecule has 1 fully saturated rings. The summed E-state index contributed by atoms with van der Waals surface area (Å²) in [6.45, 7) is 3.59. The Hall–Kier alpha value is -3.15. The van der Waals surface area contributed by atoms with Crippen LogP contribution in [-0.2, 0) is 14.3 Å². The van der Waals surface area contributed by atoms with Gasteiger partial charge >= 0.3 is 0 Å². The zero-order valence-electron chi connectivity index (χ0n) is 38.6. The molecule has 1 rings (SSSR count). The van der Waals surface area contributed by atoms with E-state index in [-0.39, 0.29) is 12.5 Å². The summed E-state index contributed by atoms with van der Waals surface area (Å²) in [4.78, 5) is 12.9. The van der Waals surface area contributed by atoms with Gasteiger partial charge in [0, 0.05) is 6.42 Å². The fourth-order valence-electron chi connectivity index (χ4n) is 6.76. The number of carbonyl (C=O) groups excluding carboxylic acids is 1. The molecule has 9 heteroatoms. The Balaban J connectivity index is 2.28. The van der Waals surface area contributed by atoms with Crippen molar-refractivity contribution in [3.8, 4) is 0 Å². The van der Waals surface area contributed by atoms with Crippen LogP contribution in [-0.4, -0.2) is 87.5 Å². The van der Waals surface area contributed by atoms with Crippen molar-refractivity contribution in [2.75, 3.05) is 13.2 Å². The first-order valence-electron chi connectivity index (χ1n) is 24.1. The largest absolute Gasteiger partial charge is 0.394 e. The molecule has 6 N–H and O–H groups in total. The maximum atomic E-state index is 12.9. The third-order valence-corrected chi connectivity index (χ3v) is 10.6. The van der Waals surface area contributed by atoms with Crippen molar-refractivity contribution in [2.24, 2.45) is 0 Å². The molecule has 0 aromatic heterocycles. The molecule has 0 radical (unpaired) electrons. The Bertz CT molecular complexity index is 1330. The molecule has 352 valence electrons. The van der Waals surface area contributed by atoms with Crippen molar-refractivity contribution in [3.05, 3.63) is 109 Å². The molecule has 1 aliphatic rings. The number of hydrogen-bond acceptors (Lipinski definition) is 8. The van der Waals surface area contributed by atoms with E-state index in [2.05, 4.69) is 116 Å². The number of aliphatic hydroxyl groups excluding tert-OH is 5. The number of nitrogens with one attached hydrogen (secondary N) is 1. The zero-order chi connectivity index (χ0) is 45.1. The minimum atomic E-state index is -1.58. The Kier molecular flexibility index (Phi) is 38.4. The summed E-state index contributed by atoms with van der Waals surface area (Å²) in [5.41, 5.74) is 0. The highest BCUT2D eigenvalue weighted by molar-refractivity contribution is 5.76. The summed E-state index contributed by atoms with van der Waals surface area (Å²) in [5.74, 6) is -0.210. The first kappa shape index (κ1) is 56.9. The van der Waals surface area contributed by atoms with E-state index < -0.39 is 49.5 Å². The van der Waals surface area contributed by atoms with Gasteiger partial charge in [0.2, 0.25) is 5.91 Å². The van der Waals surface area contributed by atoms with Crippen LogP contribution in [0.1, 0.15) is 162 Å². The summed E-state index contributed by atoms with van der Waals surface area (Å²) >= 11 is 0. The molecule has 0 aromatic carbocycles. The van der Waals surface area contributed by atoms with Crippen LogP contribution in [0.15, 0.2) is 109 Å². The van der Waals surface area contributed by atoms with Crippen LogP contribution in [0.3, 0.4) is 0 Å². The molecular formula is C53H87NO8. The van der Waals surface area contributed by atoms with Crippen molar-refractivity contribution >= 4 is 5.91 Å². The van der Waals surface area contributed by atoms with E-state index in [1.54, 1.807) is 6.08 Å². The molecule has 1 amide bonds. The smallest absolute Gasteiger partial charge is 0.220 e. The normalized spacial score (nSPS) is 21.3. The average Bonchev–Trinajstić information content (AvgIpc) is 3.27.